The molecule has 1 spiro atoms. The number of ether oxygens (including phenoxy) is 2. The summed E-state index contributed by atoms with van der Waals surface area (Å²) in [6.07, 6.45) is 3.47. The van der Waals surface area contributed by atoms with Crippen molar-refractivity contribution in [2.45, 2.75) is 37.9 Å². The monoisotopic (exact) mass is 473 g/mol. The van der Waals surface area contributed by atoms with Crippen molar-refractivity contribution in [3.8, 4) is 0 Å². The van der Waals surface area contributed by atoms with Crippen LogP contribution in [0.4, 0.5) is 0 Å². The summed E-state index contributed by atoms with van der Waals surface area (Å²) in [4.78, 5) is 17.5. The van der Waals surface area contributed by atoms with E-state index in [0.29, 0.717) is 58.7 Å². The lowest BCUT2D eigenvalue weighted by Gasteiger charge is -2.40. The van der Waals surface area contributed by atoms with Gasteiger partial charge in [0.15, 0.2) is 5.79 Å². The zero-order chi connectivity index (χ0) is 22.6. The molecular weight excluding hydrogens is 434 g/mol. The van der Waals surface area contributed by atoms with E-state index < -0.39 is 16.0 Å². The van der Waals surface area contributed by atoms with E-state index in [1.54, 1.807) is 0 Å². The SMILES string of the molecule is CN1CCN(CCCNC(=O)C2CCCN(S(=O)(=O)N3CCC4(CC3)OCCO4)C2)CC1. The van der Waals surface area contributed by atoms with Crippen LogP contribution in [0.3, 0.4) is 0 Å². The predicted molar refractivity (Wildman–Crippen MR) is 120 cm³/mol. The maximum atomic E-state index is 13.2. The normalized spacial score (nSPS) is 28.8. The number of hydrogen-bond donors (Lipinski definition) is 1. The van der Waals surface area contributed by atoms with E-state index in [1.807, 2.05) is 0 Å². The first-order chi connectivity index (χ1) is 15.4. The second-order valence-electron chi connectivity index (χ2n) is 9.50. The molecule has 0 aromatic carbocycles. The molecule has 0 bridgehead atoms. The van der Waals surface area contributed by atoms with Crippen LogP contribution in [0, 0.1) is 5.92 Å². The summed E-state index contributed by atoms with van der Waals surface area (Å²) in [5.41, 5.74) is 0. The lowest BCUT2D eigenvalue weighted by atomic mass is 9.99. The van der Waals surface area contributed by atoms with Crippen LogP contribution >= 0.6 is 0 Å². The molecule has 1 atom stereocenters. The number of piperidine rings is 2. The Morgan fingerprint density at radius 1 is 1.00 bits per heavy atom. The van der Waals surface area contributed by atoms with E-state index in [4.69, 9.17) is 9.47 Å². The van der Waals surface area contributed by atoms with Crippen molar-refractivity contribution in [1.29, 1.82) is 0 Å². The van der Waals surface area contributed by atoms with Gasteiger partial charge < -0.3 is 24.6 Å². The van der Waals surface area contributed by atoms with Gasteiger partial charge in [0.2, 0.25) is 5.91 Å². The minimum absolute atomic E-state index is 0.0198. The van der Waals surface area contributed by atoms with Gasteiger partial charge in [-0.1, -0.05) is 0 Å². The molecular formula is C21H39N5O5S. The Labute approximate surface area is 192 Å². The average molecular weight is 474 g/mol. The van der Waals surface area contributed by atoms with Gasteiger partial charge in [0.1, 0.15) is 0 Å². The Morgan fingerprint density at radius 2 is 1.69 bits per heavy atom. The van der Waals surface area contributed by atoms with Gasteiger partial charge in [-0.15, -0.1) is 0 Å². The summed E-state index contributed by atoms with van der Waals surface area (Å²) >= 11 is 0. The van der Waals surface area contributed by atoms with Crippen LogP contribution in [0.2, 0.25) is 0 Å². The van der Waals surface area contributed by atoms with Gasteiger partial charge in [0.05, 0.1) is 19.1 Å². The average Bonchev–Trinajstić information content (AvgIpc) is 3.26. The van der Waals surface area contributed by atoms with E-state index >= 15 is 0 Å². The smallest absolute Gasteiger partial charge is 0.282 e. The summed E-state index contributed by atoms with van der Waals surface area (Å²) in [6.45, 7) is 8.65. The number of hydrogen-bond acceptors (Lipinski definition) is 7. The summed E-state index contributed by atoms with van der Waals surface area (Å²) < 4.78 is 40.8. The predicted octanol–water partition coefficient (Wildman–Crippen LogP) is -0.464. The van der Waals surface area contributed by atoms with E-state index in [1.165, 1.54) is 8.61 Å². The highest BCUT2D eigenvalue weighted by molar-refractivity contribution is 7.86. The first-order valence-corrected chi connectivity index (χ1v) is 13.5. The molecule has 4 fully saturated rings. The van der Waals surface area contributed by atoms with Crippen LogP contribution in [-0.2, 0) is 24.5 Å². The standard InChI is InChI=1S/C21H39N5O5S/c1-23-12-14-24(15-13-23)8-3-7-22-20(27)19-4-2-9-26(18-19)32(28,29)25-10-5-21(6-11-25)30-16-17-31-21/h19H,2-18H2,1H3,(H,22,27). The maximum absolute atomic E-state index is 13.2. The minimum Gasteiger partial charge on any atom is -0.356 e. The van der Waals surface area contributed by atoms with Crippen LogP contribution in [0.25, 0.3) is 0 Å². The van der Waals surface area contributed by atoms with E-state index in [9.17, 15) is 13.2 Å². The minimum atomic E-state index is -3.58. The fourth-order valence-corrected chi connectivity index (χ4v) is 6.80. The van der Waals surface area contributed by atoms with Gasteiger partial charge in [-0.05, 0) is 32.9 Å². The van der Waals surface area contributed by atoms with Crippen LogP contribution < -0.4 is 5.32 Å². The number of rotatable bonds is 7. The molecule has 1 unspecified atom stereocenters. The van der Waals surface area contributed by atoms with Gasteiger partial charge >= 0.3 is 0 Å². The Hall–Kier alpha value is -0.820. The summed E-state index contributed by atoms with van der Waals surface area (Å²) in [7, 11) is -1.43. The number of piperazine rings is 1. The molecule has 0 saturated carbocycles. The highest BCUT2D eigenvalue weighted by Gasteiger charge is 2.44. The maximum Gasteiger partial charge on any atom is 0.282 e. The first kappa shape index (κ1) is 24.3. The molecule has 32 heavy (non-hydrogen) atoms. The van der Waals surface area contributed by atoms with Crippen molar-refractivity contribution in [3.63, 3.8) is 0 Å². The number of nitrogens with zero attached hydrogens (tertiary/aromatic N) is 4. The summed E-state index contributed by atoms with van der Waals surface area (Å²) in [5.74, 6) is -0.895. The number of carbonyl (C=O) groups excluding carboxylic acids is 1. The quantitative estimate of drug-likeness (QED) is 0.500. The zero-order valence-electron chi connectivity index (χ0n) is 19.3. The first-order valence-electron chi connectivity index (χ1n) is 12.1. The molecule has 0 radical (unpaired) electrons. The Morgan fingerprint density at radius 3 is 2.38 bits per heavy atom. The Bertz CT molecular complexity index is 727. The van der Waals surface area contributed by atoms with E-state index in [2.05, 4.69) is 22.2 Å². The zero-order valence-corrected chi connectivity index (χ0v) is 20.2. The van der Waals surface area contributed by atoms with Gasteiger partial charge in [-0.25, -0.2) is 0 Å². The van der Waals surface area contributed by atoms with Crippen LogP contribution in [0.15, 0.2) is 0 Å². The van der Waals surface area contributed by atoms with Crippen molar-refractivity contribution >= 4 is 16.1 Å². The van der Waals surface area contributed by atoms with Gasteiger partial charge in [0.25, 0.3) is 10.2 Å². The summed E-state index contributed by atoms with van der Waals surface area (Å²) in [5, 5.41) is 3.04. The number of amides is 1. The molecule has 10 nitrogen and oxygen atoms in total. The number of carbonyl (C=O) groups is 1. The topological polar surface area (TPSA) is 94.7 Å². The van der Waals surface area contributed by atoms with Crippen molar-refractivity contribution < 1.29 is 22.7 Å². The molecule has 0 aromatic rings. The fourth-order valence-electron chi connectivity index (χ4n) is 5.10. The molecule has 4 aliphatic heterocycles. The van der Waals surface area contributed by atoms with Crippen molar-refractivity contribution in [1.82, 2.24) is 23.7 Å². The largest absolute Gasteiger partial charge is 0.356 e. The van der Waals surface area contributed by atoms with Crippen LogP contribution in [0.5, 0.6) is 0 Å². The van der Waals surface area contributed by atoms with Crippen molar-refractivity contribution in [2.24, 2.45) is 5.92 Å². The highest BCUT2D eigenvalue weighted by atomic mass is 32.2. The third-order valence-corrected chi connectivity index (χ3v) is 9.25. The number of likely N-dealkylation sites (N-methyl/N-ethyl adjacent to an activating group) is 1. The Kier molecular flexibility index (Phi) is 8.07. The van der Waals surface area contributed by atoms with Gasteiger partial charge in [-0.2, -0.15) is 17.0 Å². The molecule has 4 saturated heterocycles. The molecule has 0 aliphatic carbocycles. The molecule has 1 N–H and O–H groups in total. The molecule has 0 aromatic heterocycles. The molecule has 4 heterocycles. The fraction of sp³-hybridized carbons (Fsp3) is 0.952. The second kappa shape index (κ2) is 10.6. The third-order valence-electron chi connectivity index (χ3n) is 7.25. The molecule has 4 aliphatic rings. The highest BCUT2D eigenvalue weighted by Crippen LogP contribution is 2.33. The second-order valence-corrected chi connectivity index (χ2v) is 11.4. The lowest BCUT2D eigenvalue weighted by Crippen LogP contribution is -2.54. The molecule has 11 heteroatoms. The Balaban J connectivity index is 1.20. The van der Waals surface area contributed by atoms with Crippen molar-refractivity contribution in [2.75, 3.05) is 85.7 Å². The van der Waals surface area contributed by atoms with Crippen molar-refractivity contribution in [3.05, 3.63) is 0 Å². The van der Waals surface area contributed by atoms with E-state index in [0.717, 1.165) is 45.6 Å². The summed E-state index contributed by atoms with van der Waals surface area (Å²) in [6, 6.07) is 0. The molecule has 184 valence electrons. The number of nitrogens with one attached hydrogen (secondary N) is 1. The third kappa shape index (κ3) is 5.81. The van der Waals surface area contributed by atoms with Gasteiger partial charge in [-0.3, -0.25) is 4.79 Å². The molecule has 4 rings (SSSR count). The van der Waals surface area contributed by atoms with Gasteiger partial charge in [0, 0.05) is 71.7 Å². The van der Waals surface area contributed by atoms with Crippen LogP contribution in [0.1, 0.15) is 32.1 Å². The van der Waals surface area contributed by atoms with E-state index in [-0.39, 0.29) is 18.4 Å². The molecule has 1 amide bonds. The lowest BCUT2D eigenvalue weighted by molar-refractivity contribution is -0.179. The van der Waals surface area contributed by atoms with Crippen LogP contribution in [-0.4, -0.2) is 124 Å².